The molecule has 0 aliphatic carbocycles. The summed E-state index contributed by atoms with van der Waals surface area (Å²) in [5, 5.41) is 7.53. The molecule has 2 N–H and O–H groups in total. The van der Waals surface area contributed by atoms with E-state index in [0.717, 1.165) is 21.8 Å². The molecular formula is C25H22FN5O2S. The average Bonchev–Trinajstić information content (AvgIpc) is 3.43. The summed E-state index contributed by atoms with van der Waals surface area (Å²) in [6, 6.07) is 13.7. The Morgan fingerprint density at radius 1 is 1.12 bits per heavy atom. The maximum atomic E-state index is 13.8. The minimum absolute atomic E-state index is 0.0487. The van der Waals surface area contributed by atoms with Crippen molar-refractivity contribution in [2.75, 3.05) is 6.54 Å². The number of rotatable bonds is 5. The second kappa shape index (κ2) is 8.83. The van der Waals surface area contributed by atoms with Crippen LogP contribution in [0.4, 0.5) is 4.39 Å². The van der Waals surface area contributed by atoms with E-state index >= 15 is 0 Å². The molecule has 3 heterocycles. The third-order valence-electron chi connectivity index (χ3n) is 5.90. The molecule has 1 aliphatic rings. The fourth-order valence-corrected chi connectivity index (χ4v) is 4.83. The van der Waals surface area contributed by atoms with Crippen molar-refractivity contribution in [2.24, 2.45) is 5.73 Å². The number of fused-ring (bicyclic) bond motifs is 1. The number of carbonyl (C=O) groups excluding carboxylic acids is 2. The van der Waals surface area contributed by atoms with Crippen LogP contribution in [0.1, 0.15) is 26.6 Å². The van der Waals surface area contributed by atoms with Gasteiger partial charge in [0.1, 0.15) is 11.5 Å². The summed E-state index contributed by atoms with van der Waals surface area (Å²) in [6.07, 6.45) is 0.243. The maximum Gasteiger partial charge on any atom is 0.252 e. The molecule has 0 unspecified atom stereocenters. The van der Waals surface area contributed by atoms with Crippen molar-refractivity contribution in [2.45, 2.75) is 26.4 Å². The van der Waals surface area contributed by atoms with Crippen LogP contribution in [-0.2, 0) is 24.3 Å². The number of amides is 2. The third-order valence-corrected chi connectivity index (χ3v) is 6.67. The van der Waals surface area contributed by atoms with Crippen LogP contribution < -0.4 is 5.73 Å². The molecule has 172 valence electrons. The van der Waals surface area contributed by atoms with E-state index in [1.54, 1.807) is 33.1 Å². The van der Waals surface area contributed by atoms with E-state index in [1.807, 2.05) is 36.6 Å². The topological polar surface area (TPSA) is 94.1 Å². The molecule has 34 heavy (non-hydrogen) atoms. The Hall–Kier alpha value is -3.85. The summed E-state index contributed by atoms with van der Waals surface area (Å²) in [7, 11) is 0. The van der Waals surface area contributed by atoms with Crippen LogP contribution in [0.15, 0.2) is 53.9 Å². The van der Waals surface area contributed by atoms with Crippen molar-refractivity contribution in [3.8, 4) is 22.5 Å². The smallest absolute Gasteiger partial charge is 0.252 e. The van der Waals surface area contributed by atoms with Crippen LogP contribution in [0, 0.1) is 12.7 Å². The van der Waals surface area contributed by atoms with Crippen molar-refractivity contribution in [3.63, 3.8) is 0 Å². The summed E-state index contributed by atoms with van der Waals surface area (Å²) in [5.74, 6) is -1.12. The van der Waals surface area contributed by atoms with Gasteiger partial charge in [-0.3, -0.25) is 14.3 Å². The molecule has 5 rings (SSSR count). The second-order valence-electron chi connectivity index (χ2n) is 8.21. The highest BCUT2D eigenvalue weighted by Gasteiger charge is 2.29. The number of primary amides is 1. The number of carbonyl (C=O) groups is 2. The van der Waals surface area contributed by atoms with Crippen molar-refractivity contribution in [1.82, 2.24) is 19.7 Å². The summed E-state index contributed by atoms with van der Waals surface area (Å²) < 4.78 is 15.4. The lowest BCUT2D eigenvalue weighted by molar-refractivity contribution is -0.132. The Bertz CT molecular complexity index is 1390. The zero-order valence-electron chi connectivity index (χ0n) is 18.5. The monoisotopic (exact) mass is 475 g/mol. The van der Waals surface area contributed by atoms with Crippen LogP contribution in [0.3, 0.4) is 0 Å². The van der Waals surface area contributed by atoms with Gasteiger partial charge >= 0.3 is 0 Å². The van der Waals surface area contributed by atoms with Crippen LogP contribution in [0.2, 0.25) is 0 Å². The molecule has 0 atom stereocenters. The van der Waals surface area contributed by atoms with Crippen LogP contribution >= 0.6 is 11.3 Å². The molecule has 0 radical (unpaired) electrons. The average molecular weight is 476 g/mol. The zero-order valence-corrected chi connectivity index (χ0v) is 19.3. The van der Waals surface area contributed by atoms with Crippen molar-refractivity contribution < 1.29 is 14.0 Å². The van der Waals surface area contributed by atoms with Crippen molar-refractivity contribution in [3.05, 3.63) is 81.6 Å². The quantitative estimate of drug-likeness (QED) is 0.475. The first-order valence-electron chi connectivity index (χ1n) is 10.8. The number of halogens is 1. The first kappa shape index (κ1) is 22.0. The minimum atomic E-state index is -0.650. The lowest BCUT2D eigenvalue weighted by Crippen LogP contribution is -2.40. The van der Waals surface area contributed by atoms with E-state index in [-0.39, 0.29) is 24.4 Å². The lowest BCUT2D eigenvalue weighted by atomic mass is 10.0. The largest absolute Gasteiger partial charge is 0.365 e. The van der Waals surface area contributed by atoms with Gasteiger partial charge in [-0.1, -0.05) is 36.4 Å². The van der Waals surface area contributed by atoms with Crippen LogP contribution in [-0.4, -0.2) is 38.0 Å². The minimum Gasteiger partial charge on any atom is -0.365 e. The number of nitrogens with zero attached hydrogens (tertiary/aromatic N) is 4. The van der Waals surface area contributed by atoms with E-state index in [4.69, 9.17) is 5.73 Å². The standard InChI is InChI=1S/C25H22FN5O2S/c1-15-28-20(14-34-15)17-7-5-16(6-8-17)11-22(32)30-9-10-31-21(13-30)23(25(27)33)24(29-31)18-3-2-4-19(26)12-18/h2-8,12,14H,9-11,13H2,1H3,(H2,27,33). The number of nitrogens with two attached hydrogens (primary N) is 1. The van der Waals surface area contributed by atoms with Gasteiger partial charge in [-0.05, 0) is 24.6 Å². The predicted molar refractivity (Wildman–Crippen MR) is 128 cm³/mol. The first-order chi connectivity index (χ1) is 16.4. The summed E-state index contributed by atoms with van der Waals surface area (Å²) in [4.78, 5) is 31.6. The number of thiazole rings is 1. The van der Waals surface area contributed by atoms with E-state index in [9.17, 15) is 14.0 Å². The molecule has 0 saturated carbocycles. The summed E-state index contributed by atoms with van der Waals surface area (Å²) >= 11 is 1.60. The predicted octanol–water partition coefficient (Wildman–Crippen LogP) is 3.80. The van der Waals surface area contributed by atoms with E-state index in [2.05, 4.69) is 10.1 Å². The molecule has 0 spiro atoms. The third kappa shape index (κ3) is 4.22. The van der Waals surface area contributed by atoms with Gasteiger partial charge in [0.15, 0.2) is 0 Å². The first-order valence-corrected chi connectivity index (χ1v) is 11.7. The van der Waals surface area contributed by atoms with Gasteiger partial charge < -0.3 is 10.6 Å². The molecule has 4 aromatic rings. The SMILES string of the molecule is Cc1nc(-c2ccc(CC(=O)N3CCn4nc(-c5cccc(F)c5)c(C(N)=O)c4C3)cc2)cs1. The Labute approximate surface area is 199 Å². The van der Waals surface area contributed by atoms with Crippen molar-refractivity contribution in [1.29, 1.82) is 0 Å². The number of benzene rings is 2. The Morgan fingerprint density at radius 3 is 2.59 bits per heavy atom. The number of aryl methyl sites for hydroxylation is 1. The van der Waals surface area contributed by atoms with Crippen LogP contribution in [0.25, 0.3) is 22.5 Å². The van der Waals surface area contributed by atoms with E-state index in [1.165, 1.54) is 12.1 Å². The molecule has 1 aliphatic heterocycles. The maximum absolute atomic E-state index is 13.8. The fraction of sp³-hybridized carbons (Fsp3) is 0.200. The molecular weight excluding hydrogens is 453 g/mol. The number of aromatic nitrogens is 3. The molecule has 9 heteroatoms. The number of hydrogen-bond donors (Lipinski definition) is 1. The number of hydrogen-bond acceptors (Lipinski definition) is 5. The van der Waals surface area contributed by atoms with E-state index < -0.39 is 11.7 Å². The highest BCUT2D eigenvalue weighted by molar-refractivity contribution is 7.09. The normalized spacial score (nSPS) is 13.1. The Morgan fingerprint density at radius 2 is 1.91 bits per heavy atom. The highest BCUT2D eigenvalue weighted by Crippen LogP contribution is 2.29. The molecule has 2 aromatic heterocycles. The summed E-state index contributed by atoms with van der Waals surface area (Å²) in [5.41, 5.74) is 10.1. The zero-order chi connectivity index (χ0) is 23.8. The molecule has 2 amide bonds. The summed E-state index contributed by atoms with van der Waals surface area (Å²) in [6.45, 7) is 3.08. The molecule has 0 bridgehead atoms. The molecule has 7 nitrogen and oxygen atoms in total. The Kier molecular flexibility index (Phi) is 5.70. The van der Waals surface area contributed by atoms with Gasteiger partial charge in [-0.15, -0.1) is 11.3 Å². The molecule has 0 saturated heterocycles. The van der Waals surface area contributed by atoms with Gasteiger partial charge in [-0.2, -0.15) is 5.10 Å². The Balaban J connectivity index is 1.35. The van der Waals surface area contributed by atoms with Gasteiger partial charge in [0.2, 0.25) is 5.91 Å². The highest BCUT2D eigenvalue weighted by atomic mass is 32.1. The van der Waals surface area contributed by atoms with Gasteiger partial charge in [0.05, 0.1) is 41.5 Å². The van der Waals surface area contributed by atoms with Crippen LogP contribution in [0.5, 0.6) is 0 Å². The molecule has 2 aromatic carbocycles. The lowest BCUT2D eigenvalue weighted by Gasteiger charge is -2.28. The van der Waals surface area contributed by atoms with Gasteiger partial charge in [0.25, 0.3) is 5.91 Å². The van der Waals surface area contributed by atoms with Crippen molar-refractivity contribution >= 4 is 23.2 Å². The van der Waals surface area contributed by atoms with Gasteiger partial charge in [0, 0.05) is 23.1 Å². The van der Waals surface area contributed by atoms with Gasteiger partial charge in [-0.25, -0.2) is 9.37 Å². The van der Waals surface area contributed by atoms with E-state index in [0.29, 0.717) is 30.0 Å². The fourth-order valence-electron chi connectivity index (χ4n) is 4.20. The second-order valence-corrected chi connectivity index (χ2v) is 9.27. The molecule has 0 fully saturated rings.